The van der Waals surface area contributed by atoms with Crippen LogP contribution in [0.2, 0.25) is 15.3 Å². The van der Waals surface area contributed by atoms with Crippen LogP contribution in [0.4, 0.5) is 4.79 Å². The van der Waals surface area contributed by atoms with Crippen LogP contribution in [0.5, 0.6) is 0 Å². The predicted octanol–water partition coefficient (Wildman–Crippen LogP) is 3.45. The van der Waals surface area contributed by atoms with Gasteiger partial charge in [0.2, 0.25) is 0 Å². The number of aromatic nitrogens is 1. The van der Waals surface area contributed by atoms with Gasteiger partial charge in [0, 0.05) is 5.56 Å². The van der Waals surface area contributed by atoms with Crippen LogP contribution in [0, 0.1) is 0 Å². The summed E-state index contributed by atoms with van der Waals surface area (Å²) in [6.45, 7) is -0.0703. The van der Waals surface area contributed by atoms with Crippen LogP contribution in [0.15, 0.2) is 36.4 Å². The maximum absolute atomic E-state index is 11.9. The van der Waals surface area contributed by atoms with Gasteiger partial charge in [-0.2, -0.15) is 0 Å². The Bertz CT molecular complexity index is 781. The maximum atomic E-state index is 11.9. The van der Waals surface area contributed by atoms with E-state index in [1.165, 1.54) is 6.07 Å². The minimum atomic E-state index is -1.78. The van der Waals surface area contributed by atoms with E-state index in [2.05, 4.69) is 10.3 Å². The highest BCUT2D eigenvalue weighted by Gasteiger charge is 2.33. The number of aliphatic hydroxyl groups is 1. The molecular formula is C16H13Cl3N2O5. The Kier molecular flexibility index (Phi) is 7.05. The van der Waals surface area contributed by atoms with E-state index in [1.54, 1.807) is 30.3 Å². The first-order valence-corrected chi connectivity index (χ1v) is 8.32. The van der Waals surface area contributed by atoms with Gasteiger partial charge in [0.1, 0.15) is 23.0 Å². The Balaban J connectivity index is 2.11. The molecule has 0 radical (unpaired) electrons. The fourth-order valence-corrected chi connectivity index (χ4v) is 3.01. The van der Waals surface area contributed by atoms with Crippen LogP contribution in [0.25, 0.3) is 0 Å². The lowest BCUT2D eigenvalue weighted by atomic mass is 10.0. The van der Waals surface area contributed by atoms with Crippen molar-refractivity contribution in [3.8, 4) is 0 Å². The van der Waals surface area contributed by atoms with Gasteiger partial charge < -0.3 is 20.3 Å². The van der Waals surface area contributed by atoms with Crippen molar-refractivity contribution in [2.24, 2.45) is 0 Å². The van der Waals surface area contributed by atoms with E-state index < -0.39 is 24.2 Å². The lowest BCUT2D eigenvalue weighted by molar-refractivity contribution is -0.142. The molecule has 0 spiro atoms. The van der Waals surface area contributed by atoms with Gasteiger partial charge in [-0.25, -0.2) is 14.6 Å². The summed E-state index contributed by atoms with van der Waals surface area (Å²) in [6, 6.07) is 8.21. The zero-order chi connectivity index (χ0) is 19.3. The molecule has 1 aromatic carbocycles. The van der Waals surface area contributed by atoms with E-state index in [9.17, 15) is 19.8 Å². The molecule has 138 valence electrons. The maximum Gasteiger partial charge on any atom is 0.408 e. The number of hydrogen-bond acceptors (Lipinski definition) is 5. The molecule has 2 aromatic rings. The van der Waals surface area contributed by atoms with Crippen LogP contribution >= 0.6 is 34.8 Å². The molecule has 2 rings (SSSR count). The lowest BCUT2D eigenvalue weighted by Crippen LogP contribution is -2.45. The third-order valence-corrected chi connectivity index (χ3v) is 4.09. The van der Waals surface area contributed by atoms with Gasteiger partial charge in [-0.05, 0) is 11.6 Å². The number of carbonyl (C=O) groups is 2. The molecule has 1 amide bonds. The summed E-state index contributed by atoms with van der Waals surface area (Å²) >= 11 is 17.5. The summed E-state index contributed by atoms with van der Waals surface area (Å²) in [7, 11) is 0. The number of aliphatic hydroxyl groups excluding tert-OH is 1. The molecule has 3 N–H and O–H groups in total. The molecule has 2 atom stereocenters. The number of alkyl carbamates (subject to hydrolysis) is 1. The number of pyridine rings is 1. The highest BCUT2D eigenvalue weighted by Crippen LogP contribution is 2.33. The third kappa shape index (κ3) is 5.22. The fourth-order valence-electron chi connectivity index (χ4n) is 2.06. The summed E-state index contributed by atoms with van der Waals surface area (Å²) in [5.74, 6) is -1.52. The van der Waals surface area contributed by atoms with E-state index in [4.69, 9.17) is 39.5 Å². The van der Waals surface area contributed by atoms with Crippen molar-refractivity contribution in [1.29, 1.82) is 0 Å². The summed E-state index contributed by atoms with van der Waals surface area (Å²) in [5, 5.41) is 21.3. The van der Waals surface area contributed by atoms with Crippen molar-refractivity contribution in [1.82, 2.24) is 10.3 Å². The van der Waals surface area contributed by atoms with Gasteiger partial charge in [0.25, 0.3) is 0 Å². The van der Waals surface area contributed by atoms with Crippen molar-refractivity contribution < 1.29 is 24.5 Å². The zero-order valence-corrected chi connectivity index (χ0v) is 15.3. The van der Waals surface area contributed by atoms with Crippen molar-refractivity contribution in [3.05, 3.63) is 62.9 Å². The van der Waals surface area contributed by atoms with Gasteiger partial charge in [-0.3, -0.25) is 0 Å². The van der Waals surface area contributed by atoms with Gasteiger partial charge in [0.05, 0.1) is 5.02 Å². The molecule has 1 aromatic heterocycles. The quantitative estimate of drug-likeness (QED) is 0.619. The number of nitrogens with zero attached hydrogens (tertiary/aromatic N) is 1. The van der Waals surface area contributed by atoms with Crippen molar-refractivity contribution >= 4 is 46.9 Å². The number of benzene rings is 1. The highest BCUT2D eigenvalue weighted by atomic mass is 35.5. The van der Waals surface area contributed by atoms with Crippen LogP contribution in [0.3, 0.4) is 0 Å². The van der Waals surface area contributed by atoms with Crippen LogP contribution in [-0.2, 0) is 16.1 Å². The van der Waals surface area contributed by atoms with Gasteiger partial charge >= 0.3 is 12.1 Å². The molecule has 2 unspecified atom stereocenters. The normalized spacial score (nSPS) is 12.9. The standard InChI is InChI=1S/C16H13Cl3N2O5/c17-9-6-10(18)20-14(19)11(9)13(22)12(15(23)24)21-16(25)26-7-8-4-2-1-3-5-8/h1-6,12-13,22H,7H2,(H,21,25)(H,23,24). The SMILES string of the molecule is O=C(NC(C(=O)O)C(O)c1c(Cl)cc(Cl)nc1Cl)OCc1ccccc1. The van der Waals surface area contributed by atoms with Crippen LogP contribution in [-0.4, -0.2) is 33.3 Å². The fraction of sp³-hybridized carbons (Fsp3) is 0.188. The minimum Gasteiger partial charge on any atom is -0.480 e. The molecule has 26 heavy (non-hydrogen) atoms. The molecule has 10 heteroatoms. The van der Waals surface area contributed by atoms with Crippen LogP contribution in [0.1, 0.15) is 17.2 Å². The average molecular weight is 420 g/mol. The van der Waals surface area contributed by atoms with Crippen molar-refractivity contribution in [2.75, 3.05) is 0 Å². The Hall–Kier alpha value is -2.06. The lowest BCUT2D eigenvalue weighted by Gasteiger charge is -2.22. The molecule has 0 aliphatic rings. The molecule has 0 aliphatic heterocycles. The second-order valence-corrected chi connectivity index (χ2v) is 6.25. The topological polar surface area (TPSA) is 109 Å². The number of carboxylic acid groups (broad SMARTS) is 1. The van der Waals surface area contributed by atoms with E-state index >= 15 is 0 Å². The number of hydrogen-bond donors (Lipinski definition) is 3. The third-order valence-electron chi connectivity index (χ3n) is 3.29. The summed E-state index contributed by atoms with van der Waals surface area (Å²) in [4.78, 5) is 27.0. The number of ether oxygens (including phenoxy) is 1. The van der Waals surface area contributed by atoms with E-state index in [-0.39, 0.29) is 27.5 Å². The molecule has 0 bridgehead atoms. The van der Waals surface area contributed by atoms with Crippen LogP contribution < -0.4 is 5.32 Å². The summed E-state index contributed by atoms with van der Waals surface area (Å²) in [5.41, 5.74) is 0.538. The first-order chi connectivity index (χ1) is 12.3. The second kappa shape index (κ2) is 9.05. The highest BCUT2D eigenvalue weighted by molar-refractivity contribution is 6.37. The Morgan fingerprint density at radius 3 is 2.42 bits per heavy atom. The van der Waals surface area contributed by atoms with E-state index in [1.807, 2.05) is 0 Å². The Labute approximate surface area is 163 Å². The molecular weight excluding hydrogens is 407 g/mol. The molecule has 1 heterocycles. The van der Waals surface area contributed by atoms with Gasteiger partial charge in [-0.15, -0.1) is 0 Å². The average Bonchev–Trinajstić information content (AvgIpc) is 2.57. The second-order valence-electron chi connectivity index (χ2n) is 5.10. The van der Waals surface area contributed by atoms with E-state index in [0.717, 1.165) is 0 Å². The first-order valence-electron chi connectivity index (χ1n) is 7.19. The number of carbonyl (C=O) groups excluding carboxylic acids is 1. The van der Waals surface area contributed by atoms with E-state index in [0.29, 0.717) is 5.56 Å². The van der Waals surface area contributed by atoms with Crippen molar-refractivity contribution in [3.63, 3.8) is 0 Å². The Morgan fingerprint density at radius 2 is 1.85 bits per heavy atom. The monoisotopic (exact) mass is 418 g/mol. The van der Waals surface area contributed by atoms with Crippen molar-refractivity contribution in [2.45, 2.75) is 18.8 Å². The smallest absolute Gasteiger partial charge is 0.408 e. The molecule has 7 nitrogen and oxygen atoms in total. The first kappa shape index (κ1) is 20.3. The molecule has 0 fully saturated rings. The predicted molar refractivity (Wildman–Crippen MR) is 95.4 cm³/mol. The number of carboxylic acids is 1. The van der Waals surface area contributed by atoms with Gasteiger partial charge in [-0.1, -0.05) is 65.1 Å². The number of amides is 1. The number of aliphatic carboxylic acids is 1. The zero-order valence-electron chi connectivity index (χ0n) is 13.0. The van der Waals surface area contributed by atoms with Gasteiger partial charge in [0.15, 0.2) is 6.04 Å². The summed E-state index contributed by atoms with van der Waals surface area (Å²) in [6.07, 6.45) is -2.81. The molecule has 0 aliphatic carbocycles. The minimum absolute atomic E-state index is 0.0296. The number of rotatable bonds is 6. The summed E-state index contributed by atoms with van der Waals surface area (Å²) < 4.78 is 4.95. The molecule has 0 saturated heterocycles. The molecule has 0 saturated carbocycles. The number of nitrogens with one attached hydrogen (secondary N) is 1. The number of halogens is 3. The largest absolute Gasteiger partial charge is 0.480 e. The Morgan fingerprint density at radius 1 is 1.19 bits per heavy atom.